The Morgan fingerprint density at radius 3 is 2.40 bits per heavy atom. The fraction of sp³-hybridized carbons (Fsp3) is 0.583. The molecule has 84 valence electrons. The maximum Gasteiger partial charge on any atom is 0.197 e. The van der Waals surface area contributed by atoms with Crippen molar-refractivity contribution in [3.8, 4) is 0 Å². The monoisotopic (exact) mass is 209 g/mol. The summed E-state index contributed by atoms with van der Waals surface area (Å²) >= 11 is 0. The van der Waals surface area contributed by atoms with E-state index in [1.807, 2.05) is 13.8 Å². The quantitative estimate of drug-likeness (QED) is 0.723. The predicted octanol–water partition coefficient (Wildman–Crippen LogP) is 2.97. The third kappa shape index (κ3) is 2.22. The third-order valence-electron chi connectivity index (χ3n) is 2.53. The molecule has 3 heteroatoms. The van der Waals surface area contributed by atoms with Gasteiger partial charge in [-0.2, -0.15) is 0 Å². The summed E-state index contributed by atoms with van der Waals surface area (Å²) in [5, 5.41) is 0. The largest absolute Gasteiger partial charge is 0.455 e. The Morgan fingerprint density at radius 2 is 1.87 bits per heavy atom. The van der Waals surface area contributed by atoms with E-state index in [4.69, 9.17) is 10.2 Å². The summed E-state index contributed by atoms with van der Waals surface area (Å²) in [6.45, 7) is 5.49. The zero-order chi connectivity index (χ0) is 11.4. The number of aryl methyl sites for hydroxylation is 1. The van der Waals surface area contributed by atoms with Crippen LogP contribution in [0.2, 0.25) is 0 Å². The minimum absolute atomic E-state index is 0.0769. The van der Waals surface area contributed by atoms with Gasteiger partial charge < -0.3 is 10.2 Å². The number of nitrogens with two attached hydrogens (primary N) is 1. The lowest BCUT2D eigenvalue weighted by Gasteiger charge is -2.08. The third-order valence-corrected chi connectivity index (χ3v) is 2.53. The van der Waals surface area contributed by atoms with Gasteiger partial charge in [0.2, 0.25) is 0 Å². The van der Waals surface area contributed by atoms with Crippen LogP contribution < -0.4 is 5.73 Å². The first kappa shape index (κ1) is 11.8. The van der Waals surface area contributed by atoms with Crippen LogP contribution in [0.1, 0.15) is 55.5 Å². The highest BCUT2D eigenvalue weighted by Gasteiger charge is 2.22. The van der Waals surface area contributed by atoms with Gasteiger partial charge in [-0.3, -0.25) is 4.79 Å². The van der Waals surface area contributed by atoms with Gasteiger partial charge >= 0.3 is 0 Å². The van der Waals surface area contributed by atoms with E-state index >= 15 is 0 Å². The van der Waals surface area contributed by atoms with Crippen molar-refractivity contribution in [3.63, 3.8) is 0 Å². The first-order valence-electron chi connectivity index (χ1n) is 5.61. The molecule has 0 atom stereocenters. The molecule has 1 aromatic heterocycles. The smallest absolute Gasteiger partial charge is 0.197 e. The van der Waals surface area contributed by atoms with Gasteiger partial charge in [0, 0.05) is 18.9 Å². The van der Waals surface area contributed by atoms with Gasteiger partial charge in [-0.1, -0.05) is 13.8 Å². The van der Waals surface area contributed by atoms with Crippen LogP contribution in [0.3, 0.4) is 0 Å². The van der Waals surface area contributed by atoms with Crippen LogP contribution in [0.5, 0.6) is 0 Å². The molecule has 1 aromatic rings. The van der Waals surface area contributed by atoms with E-state index in [9.17, 15) is 4.79 Å². The van der Waals surface area contributed by atoms with E-state index in [0.29, 0.717) is 11.4 Å². The number of ketones is 1. The van der Waals surface area contributed by atoms with Gasteiger partial charge in [0.15, 0.2) is 11.5 Å². The number of anilines is 1. The lowest BCUT2D eigenvalue weighted by Crippen LogP contribution is -2.02. The average molecular weight is 209 g/mol. The standard InChI is InChI=1S/C10H13NO2.C2H6/c1-6(12)10-9(11)7-4-2-3-5-8(7)13-10;1-2/h2-5,11H2,1H3;1-2H3. The highest BCUT2D eigenvalue weighted by molar-refractivity contribution is 5.97. The Hall–Kier alpha value is -1.25. The lowest BCUT2D eigenvalue weighted by atomic mass is 9.97. The van der Waals surface area contributed by atoms with Crippen molar-refractivity contribution in [2.45, 2.75) is 46.5 Å². The van der Waals surface area contributed by atoms with Crippen LogP contribution in [0.15, 0.2) is 4.42 Å². The van der Waals surface area contributed by atoms with Crippen molar-refractivity contribution in [1.29, 1.82) is 0 Å². The normalized spacial score (nSPS) is 13.8. The number of carbonyl (C=O) groups excluding carboxylic acids is 1. The molecule has 1 aliphatic rings. The molecule has 0 fully saturated rings. The number of rotatable bonds is 1. The lowest BCUT2D eigenvalue weighted by molar-refractivity contribution is 0.0986. The van der Waals surface area contributed by atoms with Crippen LogP contribution in [-0.2, 0) is 12.8 Å². The second kappa shape index (κ2) is 5.01. The minimum Gasteiger partial charge on any atom is -0.455 e. The summed E-state index contributed by atoms with van der Waals surface area (Å²) in [4.78, 5) is 11.1. The molecule has 2 rings (SSSR count). The van der Waals surface area contributed by atoms with Gasteiger partial charge in [-0.05, 0) is 19.3 Å². The molecule has 15 heavy (non-hydrogen) atoms. The molecular weight excluding hydrogens is 190 g/mol. The minimum atomic E-state index is -0.0769. The molecule has 1 aliphatic carbocycles. The Morgan fingerprint density at radius 1 is 1.27 bits per heavy atom. The molecular formula is C12H19NO2. The first-order chi connectivity index (χ1) is 7.20. The molecule has 1 heterocycles. The van der Waals surface area contributed by atoms with Gasteiger partial charge in [-0.25, -0.2) is 0 Å². The van der Waals surface area contributed by atoms with Crippen molar-refractivity contribution in [3.05, 3.63) is 17.1 Å². The number of hydrogen-bond acceptors (Lipinski definition) is 3. The SMILES string of the molecule is CC.CC(=O)c1oc2c(c1N)CCCC2. The Kier molecular flexibility index (Phi) is 3.95. The maximum absolute atomic E-state index is 11.1. The van der Waals surface area contributed by atoms with Crippen LogP contribution in [0, 0.1) is 0 Å². The zero-order valence-electron chi connectivity index (χ0n) is 9.72. The molecule has 0 aromatic carbocycles. The molecule has 0 bridgehead atoms. The first-order valence-corrected chi connectivity index (χ1v) is 5.61. The van der Waals surface area contributed by atoms with Crippen LogP contribution in [0.25, 0.3) is 0 Å². The number of fused-ring (bicyclic) bond motifs is 1. The van der Waals surface area contributed by atoms with Gasteiger partial charge in [-0.15, -0.1) is 0 Å². The van der Waals surface area contributed by atoms with Gasteiger partial charge in [0.25, 0.3) is 0 Å². The highest BCUT2D eigenvalue weighted by Crippen LogP contribution is 2.31. The summed E-state index contributed by atoms with van der Waals surface area (Å²) in [7, 11) is 0. The Labute approximate surface area is 90.6 Å². The van der Waals surface area contributed by atoms with E-state index in [2.05, 4.69) is 0 Å². The van der Waals surface area contributed by atoms with E-state index in [0.717, 1.165) is 37.0 Å². The summed E-state index contributed by atoms with van der Waals surface area (Å²) < 4.78 is 5.42. The maximum atomic E-state index is 11.1. The molecule has 0 saturated heterocycles. The Bertz CT molecular complexity index is 353. The molecule has 0 unspecified atom stereocenters. The zero-order valence-corrected chi connectivity index (χ0v) is 9.72. The molecule has 3 nitrogen and oxygen atoms in total. The van der Waals surface area contributed by atoms with E-state index < -0.39 is 0 Å². The second-order valence-corrected chi connectivity index (χ2v) is 3.51. The molecule has 0 spiro atoms. The Balaban J connectivity index is 0.000000531. The highest BCUT2D eigenvalue weighted by atomic mass is 16.3. The van der Waals surface area contributed by atoms with Gasteiger partial charge in [0.05, 0.1) is 5.69 Å². The van der Waals surface area contributed by atoms with E-state index in [1.54, 1.807) is 0 Å². The van der Waals surface area contributed by atoms with Crippen LogP contribution >= 0.6 is 0 Å². The predicted molar refractivity (Wildman–Crippen MR) is 61.1 cm³/mol. The van der Waals surface area contributed by atoms with Crippen molar-refractivity contribution < 1.29 is 9.21 Å². The van der Waals surface area contributed by atoms with E-state index in [-0.39, 0.29) is 5.78 Å². The fourth-order valence-electron chi connectivity index (χ4n) is 1.85. The van der Waals surface area contributed by atoms with Crippen molar-refractivity contribution in [2.75, 3.05) is 5.73 Å². The van der Waals surface area contributed by atoms with Crippen molar-refractivity contribution >= 4 is 11.5 Å². The number of Topliss-reactive ketones (excluding diaryl/α,β-unsaturated/α-hetero) is 1. The molecule has 0 aliphatic heterocycles. The van der Waals surface area contributed by atoms with Crippen molar-refractivity contribution in [1.82, 2.24) is 0 Å². The number of furan rings is 1. The summed E-state index contributed by atoms with van der Waals surface area (Å²) in [6.07, 6.45) is 4.16. The average Bonchev–Trinajstić information content (AvgIpc) is 2.60. The van der Waals surface area contributed by atoms with E-state index in [1.165, 1.54) is 6.92 Å². The van der Waals surface area contributed by atoms with Crippen LogP contribution in [0.4, 0.5) is 5.69 Å². The molecule has 2 N–H and O–H groups in total. The van der Waals surface area contributed by atoms with Crippen molar-refractivity contribution in [2.24, 2.45) is 0 Å². The molecule has 0 amide bonds. The summed E-state index contributed by atoms with van der Waals surface area (Å²) in [5.74, 6) is 1.20. The number of nitrogen functional groups attached to an aromatic ring is 1. The second-order valence-electron chi connectivity index (χ2n) is 3.51. The summed E-state index contributed by atoms with van der Waals surface area (Å²) in [5.41, 5.74) is 7.45. The number of carbonyl (C=O) groups is 1. The topological polar surface area (TPSA) is 56.2 Å². The number of hydrogen-bond donors (Lipinski definition) is 1. The molecule has 0 saturated carbocycles. The summed E-state index contributed by atoms with van der Waals surface area (Å²) in [6, 6.07) is 0. The van der Waals surface area contributed by atoms with Crippen LogP contribution in [-0.4, -0.2) is 5.78 Å². The fourth-order valence-corrected chi connectivity index (χ4v) is 1.85. The van der Waals surface area contributed by atoms with Gasteiger partial charge in [0.1, 0.15) is 5.76 Å². The molecule has 0 radical (unpaired) electrons.